The molecule has 35 heavy (non-hydrogen) atoms. The molecule has 3 aromatic carbocycles. The second-order valence-electron chi connectivity index (χ2n) is 9.32. The van der Waals surface area contributed by atoms with Gasteiger partial charge in [-0.1, -0.05) is 42.5 Å². The molecule has 0 saturated heterocycles. The summed E-state index contributed by atoms with van der Waals surface area (Å²) in [6.45, 7) is 11.1. The Morgan fingerprint density at radius 2 is 1.74 bits per heavy atom. The van der Waals surface area contributed by atoms with Crippen molar-refractivity contribution in [1.29, 1.82) is 0 Å². The van der Waals surface area contributed by atoms with E-state index in [4.69, 9.17) is 25.9 Å². The van der Waals surface area contributed by atoms with E-state index >= 15 is 0 Å². The maximum Gasteiger partial charge on any atom is 0.338 e. The molecule has 0 aromatic heterocycles. The fourth-order valence-corrected chi connectivity index (χ4v) is 5.85. The lowest BCUT2D eigenvalue weighted by molar-refractivity contribution is -0.134. The minimum Gasteiger partial charge on any atom is -0.491 e. The molecule has 178 valence electrons. The van der Waals surface area contributed by atoms with Crippen LogP contribution in [0.2, 0.25) is 0 Å². The lowest BCUT2D eigenvalue weighted by atomic mass is 9.77. The predicted molar refractivity (Wildman–Crippen MR) is 132 cm³/mol. The number of hydrogen-bond donors (Lipinski definition) is 0. The average molecular weight is 471 g/mol. The van der Waals surface area contributed by atoms with Gasteiger partial charge < -0.3 is 18.9 Å². The zero-order chi connectivity index (χ0) is 24.0. The van der Waals surface area contributed by atoms with Gasteiger partial charge >= 0.3 is 5.91 Å². The third kappa shape index (κ3) is 3.20. The maximum absolute atomic E-state index is 14.9. The molecule has 6 nitrogen and oxygen atoms in total. The quantitative estimate of drug-likeness (QED) is 0.372. The highest BCUT2D eigenvalue weighted by Crippen LogP contribution is 2.57. The van der Waals surface area contributed by atoms with E-state index in [1.54, 1.807) is 0 Å². The normalized spacial score (nSPS) is 23.4. The summed E-state index contributed by atoms with van der Waals surface area (Å²) in [7, 11) is 0. The molecule has 0 N–H and O–H groups in total. The molecule has 3 heterocycles. The van der Waals surface area contributed by atoms with Crippen LogP contribution in [0.4, 0.5) is 5.69 Å². The van der Waals surface area contributed by atoms with E-state index in [1.165, 1.54) is 0 Å². The Labute approximate surface area is 205 Å². The largest absolute Gasteiger partial charge is 0.491 e. The van der Waals surface area contributed by atoms with Gasteiger partial charge in [-0.3, -0.25) is 0 Å². The number of ether oxygens (including phenoxy) is 4. The third-order valence-corrected chi connectivity index (χ3v) is 7.49. The van der Waals surface area contributed by atoms with Crippen LogP contribution in [0, 0.1) is 6.92 Å². The third-order valence-electron chi connectivity index (χ3n) is 7.49. The first kappa shape index (κ1) is 22.1. The first-order valence-electron chi connectivity index (χ1n) is 12.1. The van der Waals surface area contributed by atoms with Crippen molar-refractivity contribution in [2.45, 2.75) is 25.3 Å². The lowest BCUT2D eigenvalue weighted by Gasteiger charge is -2.34. The molecule has 0 saturated carbocycles. The maximum atomic E-state index is 14.9. The zero-order valence-electron chi connectivity index (χ0n) is 19.8. The van der Waals surface area contributed by atoms with Crippen molar-refractivity contribution in [1.82, 2.24) is 4.48 Å². The van der Waals surface area contributed by atoms with E-state index in [0.717, 1.165) is 28.8 Å². The van der Waals surface area contributed by atoms with Gasteiger partial charge in [0.1, 0.15) is 24.6 Å². The van der Waals surface area contributed by atoms with Crippen molar-refractivity contribution < 1.29 is 23.7 Å². The Morgan fingerprint density at radius 3 is 2.57 bits per heavy atom. The van der Waals surface area contributed by atoms with Gasteiger partial charge in [-0.05, 0) is 31.5 Å². The van der Waals surface area contributed by atoms with Gasteiger partial charge in [0.05, 0.1) is 13.2 Å². The molecular weight excluding hydrogens is 442 g/mol. The number of fused-ring (bicyclic) bond motifs is 5. The number of quaternary nitrogens is 1. The van der Waals surface area contributed by atoms with Crippen LogP contribution in [0.25, 0.3) is 0 Å². The zero-order valence-corrected chi connectivity index (χ0v) is 19.8. The summed E-state index contributed by atoms with van der Waals surface area (Å²) >= 11 is 0. The summed E-state index contributed by atoms with van der Waals surface area (Å²) in [6, 6.07) is 19.7. The molecule has 2 atom stereocenters. The average Bonchev–Trinajstić information content (AvgIpc) is 3.54. The Morgan fingerprint density at radius 1 is 0.971 bits per heavy atom. The van der Waals surface area contributed by atoms with Crippen LogP contribution in [0.15, 0.2) is 60.7 Å². The van der Waals surface area contributed by atoms with Crippen molar-refractivity contribution in [2.24, 2.45) is 0 Å². The fourth-order valence-electron chi connectivity index (χ4n) is 5.85. The number of carbonyl (C=O) groups excluding carboxylic acids is 1. The number of nitrogens with zero attached hydrogens (tertiary/aromatic N) is 1. The number of amides is 1. The summed E-state index contributed by atoms with van der Waals surface area (Å²) in [6.07, 6.45) is 0.742. The first-order valence-corrected chi connectivity index (χ1v) is 12.1. The highest BCUT2D eigenvalue weighted by Gasteiger charge is 2.66. The number of hydrogen-bond acceptors (Lipinski definition) is 5. The number of rotatable bonds is 7. The Bertz CT molecular complexity index is 1300. The fraction of sp³-hybridized carbons (Fsp3) is 0.310. The Kier molecular flexibility index (Phi) is 5.31. The molecule has 2 radical (unpaired) electrons. The molecule has 6 heteroatoms. The van der Waals surface area contributed by atoms with Crippen LogP contribution in [-0.4, -0.2) is 39.1 Å². The molecule has 3 aromatic rings. The number of benzene rings is 3. The van der Waals surface area contributed by atoms with E-state index < -0.39 is 5.41 Å². The lowest BCUT2D eigenvalue weighted by Crippen LogP contribution is -2.57. The van der Waals surface area contributed by atoms with E-state index in [2.05, 4.69) is 12.1 Å². The van der Waals surface area contributed by atoms with Gasteiger partial charge in [0, 0.05) is 35.8 Å². The van der Waals surface area contributed by atoms with Crippen LogP contribution in [0.5, 0.6) is 17.2 Å². The molecular formula is C29H28NO5+. The summed E-state index contributed by atoms with van der Waals surface area (Å²) in [5, 5.41) is 0. The smallest absolute Gasteiger partial charge is 0.338 e. The minimum absolute atomic E-state index is 0.0936. The summed E-state index contributed by atoms with van der Waals surface area (Å²) in [5.41, 5.74) is 3.52. The Hall–Kier alpha value is -3.35. The highest BCUT2D eigenvalue weighted by molar-refractivity contribution is 6.08. The Balaban J connectivity index is 1.53. The number of para-hydroxylation sites is 1. The molecule has 0 aliphatic carbocycles. The molecule has 3 aliphatic heterocycles. The monoisotopic (exact) mass is 470 g/mol. The molecule has 3 aliphatic rings. The van der Waals surface area contributed by atoms with Gasteiger partial charge in [0.15, 0.2) is 16.9 Å². The van der Waals surface area contributed by atoms with Crippen molar-refractivity contribution in [3.8, 4) is 17.2 Å². The first-order chi connectivity index (χ1) is 17.1. The second-order valence-corrected chi connectivity index (χ2v) is 9.32. The topological polar surface area (TPSA) is 54.0 Å². The highest BCUT2D eigenvalue weighted by atomic mass is 16.7. The summed E-state index contributed by atoms with van der Waals surface area (Å²) in [5.74, 6) is 2.06. The molecule has 2 unspecified atom stereocenters. The van der Waals surface area contributed by atoms with Crippen molar-refractivity contribution in [3.63, 3.8) is 0 Å². The van der Waals surface area contributed by atoms with E-state index in [0.29, 0.717) is 49.1 Å². The van der Waals surface area contributed by atoms with Gasteiger partial charge in [0.25, 0.3) is 0 Å². The van der Waals surface area contributed by atoms with Crippen LogP contribution in [0.1, 0.15) is 35.6 Å². The van der Waals surface area contributed by atoms with E-state index in [-0.39, 0.29) is 23.8 Å². The standard InChI is InChI=1S/C29H28NO5/c1-3-32-14-8-13-30(17-21-10-5-4-9-20(21)2)24-12-7-6-11-22(24)29(28(30)31)18-33-25-16-27-26(15-23(25)29)34-19-35-27/h2,4-7,9-12,15-16H,3,8,13-14,17-19H2,1H3/q+1. The van der Waals surface area contributed by atoms with Crippen molar-refractivity contribution in [2.75, 3.05) is 33.2 Å². The molecule has 6 rings (SSSR count). The van der Waals surface area contributed by atoms with Gasteiger partial charge in [-0.15, -0.1) is 0 Å². The number of carbonyl (C=O) groups is 1. The van der Waals surface area contributed by atoms with E-state index in [1.807, 2.05) is 55.5 Å². The minimum atomic E-state index is -0.929. The summed E-state index contributed by atoms with van der Waals surface area (Å²) in [4.78, 5) is 14.9. The molecule has 1 spiro atoms. The van der Waals surface area contributed by atoms with Crippen molar-refractivity contribution >= 4 is 11.6 Å². The predicted octanol–water partition coefficient (Wildman–Crippen LogP) is 4.63. The molecule has 1 amide bonds. The van der Waals surface area contributed by atoms with E-state index in [9.17, 15) is 4.79 Å². The van der Waals surface area contributed by atoms with Crippen LogP contribution < -0.4 is 18.7 Å². The van der Waals surface area contributed by atoms with Gasteiger partial charge in [-0.2, -0.15) is 0 Å². The van der Waals surface area contributed by atoms with Gasteiger partial charge in [-0.25, -0.2) is 9.28 Å². The van der Waals surface area contributed by atoms with Gasteiger partial charge in [0.2, 0.25) is 6.79 Å². The van der Waals surface area contributed by atoms with Crippen LogP contribution >= 0.6 is 0 Å². The second kappa shape index (κ2) is 8.40. The summed E-state index contributed by atoms with van der Waals surface area (Å²) < 4.78 is 23.2. The van der Waals surface area contributed by atoms with Crippen LogP contribution in [0.3, 0.4) is 0 Å². The van der Waals surface area contributed by atoms with Crippen molar-refractivity contribution in [3.05, 3.63) is 89.8 Å². The van der Waals surface area contributed by atoms with Crippen LogP contribution in [-0.2, 0) is 21.5 Å². The SMILES string of the molecule is [CH]c1ccccc1C[N+]1(CCCOCC)C(=O)C2(COc3cc4c(cc32)OCO4)c2ccccc21. The molecule has 0 bridgehead atoms. The molecule has 0 fully saturated rings.